The first-order chi connectivity index (χ1) is 14.6. The van der Waals surface area contributed by atoms with Gasteiger partial charge < -0.3 is 0 Å². The maximum atomic E-state index is 4.38. The summed E-state index contributed by atoms with van der Waals surface area (Å²) in [6, 6.07) is 14.2. The molecule has 3 aromatic rings. The summed E-state index contributed by atoms with van der Waals surface area (Å²) in [5.41, 5.74) is 8.98. The van der Waals surface area contributed by atoms with Crippen LogP contribution in [0.25, 0.3) is 10.6 Å². The molecule has 1 nitrogen and oxygen atoms in total. The van der Waals surface area contributed by atoms with E-state index < -0.39 is 0 Å². The Balaban J connectivity index is 1.83. The second kappa shape index (κ2) is 7.20. The predicted molar refractivity (Wildman–Crippen MR) is 127 cm³/mol. The van der Waals surface area contributed by atoms with Crippen molar-refractivity contribution >= 4 is 11.3 Å². The van der Waals surface area contributed by atoms with Crippen molar-refractivity contribution in [1.29, 1.82) is 0 Å². The van der Waals surface area contributed by atoms with Gasteiger partial charge in [0.1, 0.15) is 0 Å². The molecule has 4 aliphatic carbocycles. The van der Waals surface area contributed by atoms with Gasteiger partial charge in [-0.2, -0.15) is 4.57 Å². The van der Waals surface area contributed by atoms with E-state index >= 15 is 0 Å². The van der Waals surface area contributed by atoms with Crippen LogP contribution in [-0.4, -0.2) is 0 Å². The molecule has 0 fully saturated rings. The summed E-state index contributed by atoms with van der Waals surface area (Å²) < 4.78 is 2.56. The molecule has 0 amide bonds. The summed E-state index contributed by atoms with van der Waals surface area (Å²) in [6.07, 6.45) is 11.1. The third-order valence-corrected chi connectivity index (χ3v) is 8.99. The van der Waals surface area contributed by atoms with Crippen molar-refractivity contribution in [2.75, 3.05) is 0 Å². The molecule has 2 heterocycles. The Hall–Kier alpha value is -2.19. The lowest BCUT2D eigenvalue weighted by molar-refractivity contribution is -0.752. The Kier molecular flexibility index (Phi) is 4.74. The minimum atomic E-state index is -0.0881. The summed E-state index contributed by atoms with van der Waals surface area (Å²) in [5.74, 6) is 0. The van der Waals surface area contributed by atoms with E-state index in [-0.39, 0.29) is 11.0 Å². The van der Waals surface area contributed by atoms with Crippen LogP contribution in [0.2, 0.25) is 0 Å². The molecular formula is C28H32NS+. The molecule has 154 valence electrons. The molecule has 2 unspecified atom stereocenters. The van der Waals surface area contributed by atoms with Gasteiger partial charge in [-0.1, -0.05) is 68.2 Å². The summed E-state index contributed by atoms with van der Waals surface area (Å²) in [5, 5.41) is 3.69. The quantitative estimate of drug-likeness (QED) is 0.337. The Morgan fingerprint density at radius 2 is 1.57 bits per heavy atom. The van der Waals surface area contributed by atoms with Crippen LogP contribution in [0.4, 0.5) is 0 Å². The zero-order valence-corrected chi connectivity index (χ0v) is 19.3. The van der Waals surface area contributed by atoms with Crippen molar-refractivity contribution < 1.29 is 4.57 Å². The molecule has 2 atom stereocenters. The van der Waals surface area contributed by atoms with Crippen molar-refractivity contribution in [3.63, 3.8) is 0 Å². The zero-order valence-electron chi connectivity index (χ0n) is 18.5. The summed E-state index contributed by atoms with van der Waals surface area (Å²) in [7, 11) is 0. The number of allylic oxidation sites excluding steroid dienone is 1. The van der Waals surface area contributed by atoms with Gasteiger partial charge in [-0.05, 0) is 72.9 Å². The molecule has 0 radical (unpaired) electrons. The van der Waals surface area contributed by atoms with Gasteiger partial charge in [-0.15, -0.1) is 0 Å². The number of thiazole rings is 1. The van der Waals surface area contributed by atoms with E-state index in [1.165, 1.54) is 32.8 Å². The van der Waals surface area contributed by atoms with Gasteiger partial charge in [0.2, 0.25) is 0 Å². The molecule has 30 heavy (non-hydrogen) atoms. The molecular weight excluding hydrogens is 382 g/mol. The van der Waals surface area contributed by atoms with Gasteiger partial charge in [0.25, 0.3) is 5.01 Å². The lowest BCUT2D eigenvalue weighted by Gasteiger charge is -2.47. The number of hydrogen-bond donors (Lipinski definition) is 0. The summed E-state index contributed by atoms with van der Waals surface area (Å²) in [6.45, 7) is 11.6. The van der Waals surface area contributed by atoms with Crippen molar-refractivity contribution in [3.8, 4) is 10.6 Å². The number of benzene rings is 2. The molecule has 0 N–H and O–H groups in total. The predicted octanol–water partition coefficient (Wildman–Crippen LogP) is 6.56. The Morgan fingerprint density at radius 3 is 2.17 bits per heavy atom. The minimum absolute atomic E-state index is 0.0233. The third kappa shape index (κ3) is 2.56. The SMILES string of the molecule is C=CC1(CC)[n+]2ccsc2-c2c3ccc(c2C1(C)CC)CCc1ccc(cc1)CC3. The van der Waals surface area contributed by atoms with E-state index in [9.17, 15) is 0 Å². The van der Waals surface area contributed by atoms with E-state index in [0.717, 1.165) is 38.5 Å². The lowest BCUT2D eigenvalue weighted by atomic mass is 9.58. The molecule has 0 saturated heterocycles. The number of aromatic nitrogens is 1. The fourth-order valence-electron chi connectivity index (χ4n) is 6.18. The Bertz CT molecular complexity index is 1110. The molecule has 8 rings (SSSR count). The number of rotatable bonds is 3. The van der Waals surface area contributed by atoms with Crippen LogP contribution in [0, 0.1) is 0 Å². The van der Waals surface area contributed by atoms with Gasteiger partial charge in [0.15, 0.2) is 11.7 Å². The Labute approximate surface area is 185 Å². The first kappa shape index (κ1) is 19.8. The summed E-state index contributed by atoms with van der Waals surface area (Å²) >= 11 is 1.90. The van der Waals surface area contributed by atoms with Crippen LogP contribution in [0.3, 0.4) is 0 Å². The maximum Gasteiger partial charge on any atom is 0.270 e. The smallest absolute Gasteiger partial charge is 0.179 e. The summed E-state index contributed by atoms with van der Waals surface area (Å²) in [4.78, 5) is 0. The van der Waals surface area contributed by atoms with Crippen molar-refractivity contribution in [1.82, 2.24) is 0 Å². The number of hydrogen-bond acceptors (Lipinski definition) is 1. The fraction of sp³-hybridized carbons (Fsp3) is 0.393. The highest BCUT2D eigenvalue weighted by molar-refractivity contribution is 7.12. The fourth-order valence-corrected chi connectivity index (χ4v) is 7.18. The minimum Gasteiger partial charge on any atom is -0.179 e. The normalized spacial score (nSPS) is 24.6. The van der Waals surface area contributed by atoms with Crippen LogP contribution in [0.5, 0.6) is 0 Å². The maximum absolute atomic E-state index is 4.38. The Morgan fingerprint density at radius 1 is 0.933 bits per heavy atom. The van der Waals surface area contributed by atoms with E-state index in [2.05, 4.69) is 86.0 Å². The molecule has 1 aromatic heterocycles. The van der Waals surface area contributed by atoms with E-state index in [0.29, 0.717) is 0 Å². The standard InChI is InChI=1S/C28H32NS/c1-5-27(4)25-23-15-13-21-10-8-20(9-11-21)12-14-22(16-17-23)24(25)26-29(18-19-30-26)28(27,6-2)7-3/h6,8-11,16-19H,2,5,7,12-15H2,1,3-4H3/q+1. The molecule has 4 bridgehead atoms. The van der Waals surface area contributed by atoms with Crippen molar-refractivity contribution in [2.45, 2.75) is 70.3 Å². The lowest BCUT2D eigenvalue weighted by Crippen LogP contribution is -2.67. The highest BCUT2D eigenvalue weighted by Crippen LogP contribution is 2.53. The van der Waals surface area contributed by atoms with Crippen LogP contribution >= 0.6 is 11.3 Å². The van der Waals surface area contributed by atoms with Gasteiger partial charge in [-0.3, -0.25) is 0 Å². The molecule has 5 aliphatic rings. The van der Waals surface area contributed by atoms with E-state index in [4.69, 9.17) is 0 Å². The van der Waals surface area contributed by atoms with Crippen LogP contribution < -0.4 is 4.57 Å². The van der Waals surface area contributed by atoms with Crippen LogP contribution in [-0.2, 0) is 36.6 Å². The van der Waals surface area contributed by atoms with Crippen molar-refractivity contribution in [3.05, 3.63) is 88.4 Å². The average molecular weight is 415 g/mol. The monoisotopic (exact) mass is 414 g/mol. The largest absolute Gasteiger partial charge is 0.270 e. The second-order valence-corrected chi connectivity index (χ2v) is 10.1. The average Bonchev–Trinajstić information content (AvgIpc) is 3.26. The number of nitrogens with zero attached hydrogens (tertiary/aromatic N) is 1. The molecule has 0 spiro atoms. The third-order valence-electron chi connectivity index (χ3n) is 8.11. The molecule has 0 saturated carbocycles. The highest BCUT2D eigenvalue weighted by Gasteiger charge is 2.59. The molecule has 1 aliphatic heterocycles. The van der Waals surface area contributed by atoms with Gasteiger partial charge >= 0.3 is 0 Å². The number of fused-ring (bicyclic) bond motifs is 1. The van der Waals surface area contributed by atoms with Crippen LogP contribution in [0.1, 0.15) is 61.4 Å². The van der Waals surface area contributed by atoms with Crippen LogP contribution in [0.15, 0.2) is 60.6 Å². The van der Waals surface area contributed by atoms with Gasteiger partial charge in [-0.25, -0.2) is 0 Å². The highest BCUT2D eigenvalue weighted by atomic mass is 32.1. The van der Waals surface area contributed by atoms with E-state index in [1.807, 2.05) is 11.3 Å². The van der Waals surface area contributed by atoms with E-state index in [1.54, 1.807) is 5.56 Å². The first-order valence-corrected chi connectivity index (χ1v) is 12.3. The second-order valence-electron chi connectivity index (χ2n) is 9.20. The van der Waals surface area contributed by atoms with Gasteiger partial charge in [0.05, 0.1) is 16.4 Å². The number of aryl methyl sites for hydroxylation is 4. The first-order valence-electron chi connectivity index (χ1n) is 11.4. The van der Waals surface area contributed by atoms with Crippen molar-refractivity contribution in [2.24, 2.45) is 0 Å². The topological polar surface area (TPSA) is 3.88 Å². The van der Waals surface area contributed by atoms with Gasteiger partial charge in [0, 0.05) is 6.42 Å². The zero-order chi connectivity index (χ0) is 20.9. The molecule has 2 aromatic carbocycles. The molecule has 2 heteroatoms.